The predicted molar refractivity (Wildman–Crippen MR) is 80.1 cm³/mol. The lowest BCUT2D eigenvalue weighted by atomic mass is 10.1. The Labute approximate surface area is 126 Å². The van der Waals surface area contributed by atoms with E-state index in [9.17, 15) is 5.26 Å². The van der Waals surface area contributed by atoms with Crippen LogP contribution in [0, 0.1) is 18.3 Å². The molecule has 0 atom stereocenters. The number of nitrogens with zero attached hydrogens (tertiary/aromatic N) is 3. The van der Waals surface area contributed by atoms with Crippen molar-refractivity contribution in [3.05, 3.63) is 57.8 Å². The lowest BCUT2D eigenvalue weighted by molar-refractivity contribution is 1.13. The van der Waals surface area contributed by atoms with Gasteiger partial charge in [0.1, 0.15) is 17.4 Å². The topological polar surface area (TPSA) is 41.1 Å². The summed E-state index contributed by atoms with van der Waals surface area (Å²) in [6, 6.07) is 11.2. The van der Waals surface area contributed by atoms with E-state index in [1.165, 1.54) is 0 Å². The second-order valence-electron chi connectivity index (χ2n) is 4.48. The number of rotatable bonds is 1. The highest BCUT2D eigenvalue weighted by molar-refractivity contribution is 6.36. The lowest BCUT2D eigenvalue weighted by Gasteiger charge is -2.02. The molecule has 0 radical (unpaired) electrons. The summed E-state index contributed by atoms with van der Waals surface area (Å²) < 4.78 is 1.77. The van der Waals surface area contributed by atoms with E-state index >= 15 is 0 Å². The molecular weight excluding hydrogens is 293 g/mol. The number of fused-ring (bicyclic) bond motifs is 1. The van der Waals surface area contributed by atoms with Crippen molar-refractivity contribution in [2.75, 3.05) is 0 Å². The maximum Gasteiger partial charge on any atom is 0.152 e. The summed E-state index contributed by atoms with van der Waals surface area (Å²) in [6.45, 7) is 1.97. The molecule has 0 saturated carbocycles. The molecule has 0 spiro atoms. The molecule has 0 N–H and O–H groups in total. The van der Waals surface area contributed by atoms with E-state index in [4.69, 9.17) is 23.2 Å². The monoisotopic (exact) mass is 301 g/mol. The first-order valence-electron chi connectivity index (χ1n) is 5.94. The van der Waals surface area contributed by atoms with Gasteiger partial charge in [0.05, 0.1) is 5.02 Å². The zero-order valence-electron chi connectivity index (χ0n) is 10.6. The van der Waals surface area contributed by atoms with Gasteiger partial charge in [0.2, 0.25) is 0 Å². The van der Waals surface area contributed by atoms with Crippen LogP contribution in [0.25, 0.3) is 16.9 Å². The van der Waals surface area contributed by atoms with Crippen molar-refractivity contribution in [3.63, 3.8) is 0 Å². The molecule has 0 fully saturated rings. The Kier molecular flexibility index (Phi) is 3.13. The van der Waals surface area contributed by atoms with E-state index in [1.807, 2.05) is 25.3 Å². The standard InChI is InChI=1S/C15H9Cl2N3/c1-9-2-5-14-19-15(13(7-18)20(14)8-9)11-4-3-10(16)6-12(11)17/h2-6,8H,1H3. The van der Waals surface area contributed by atoms with Crippen molar-refractivity contribution < 1.29 is 0 Å². The lowest BCUT2D eigenvalue weighted by Crippen LogP contribution is -1.90. The van der Waals surface area contributed by atoms with E-state index in [-0.39, 0.29) is 0 Å². The Morgan fingerprint density at radius 2 is 2.00 bits per heavy atom. The van der Waals surface area contributed by atoms with Gasteiger partial charge in [-0.3, -0.25) is 4.40 Å². The first kappa shape index (κ1) is 13.0. The first-order chi connectivity index (χ1) is 9.60. The average molecular weight is 302 g/mol. The summed E-state index contributed by atoms with van der Waals surface area (Å²) in [4.78, 5) is 4.50. The van der Waals surface area contributed by atoms with Crippen molar-refractivity contribution in [2.45, 2.75) is 6.92 Å². The van der Waals surface area contributed by atoms with Crippen molar-refractivity contribution in [3.8, 4) is 17.3 Å². The fourth-order valence-corrected chi connectivity index (χ4v) is 2.63. The molecule has 2 heterocycles. The van der Waals surface area contributed by atoms with E-state index < -0.39 is 0 Å². The molecule has 1 aromatic carbocycles. The van der Waals surface area contributed by atoms with E-state index in [1.54, 1.807) is 22.6 Å². The van der Waals surface area contributed by atoms with Gasteiger partial charge in [0.25, 0.3) is 0 Å². The van der Waals surface area contributed by atoms with Crippen molar-refractivity contribution in [2.24, 2.45) is 0 Å². The van der Waals surface area contributed by atoms with Crippen molar-refractivity contribution >= 4 is 28.8 Å². The van der Waals surface area contributed by atoms with Gasteiger partial charge in [0, 0.05) is 16.8 Å². The minimum absolute atomic E-state index is 0.466. The number of nitriles is 1. The molecule has 3 nitrogen and oxygen atoms in total. The highest BCUT2D eigenvalue weighted by Gasteiger charge is 2.16. The van der Waals surface area contributed by atoms with Gasteiger partial charge in [-0.15, -0.1) is 0 Å². The summed E-state index contributed by atoms with van der Waals surface area (Å²) in [5, 5.41) is 10.5. The summed E-state index contributed by atoms with van der Waals surface area (Å²) in [5.41, 5.74) is 3.51. The number of benzene rings is 1. The van der Waals surface area contributed by atoms with Crippen molar-refractivity contribution in [1.29, 1.82) is 5.26 Å². The van der Waals surface area contributed by atoms with E-state index in [2.05, 4.69) is 11.1 Å². The van der Waals surface area contributed by atoms with Gasteiger partial charge in [-0.1, -0.05) is 29.3 Å². The van der Waals surface area contributed by atoms with Gasteiger partial charge < -0.3 is 0 Å². The summed E-state index contributed by atoms with van der Waals surface area (Å²) in [5.74, 6) is 0. The largest absolute Gasteiger partial charge is 0.290 e. The van der Waals surface area contributed by atoms with Crippen LogP contribution in [0.4, 0.5) is 0 Å². The number of imidazole rings is 1. The summed E-state index contributed by atoms with van der Waals surface area (Å²) in [6.07, 6.45) is 1.88. The first-order valence-corrected chi connectivity index (χ1v) is 6.70. The van der Waals surface area contributed by atoms with Gasteiger partial charge in [0.15, 0.2) is 5.69 Å². The third-order valence-electron chi connectivity index (χ3n) is 3.06. The molecular formula is C15H9Cl2N3. The Bertz CT molecular complexity index is 859. The Morgan fingerprint density at radius 1 is 1.20 bits per heavy atom. The summed E-state index contributed by atoms with van der Waals surface area (Å²) in [7, 11) is 0. The second-order valence-corrected chi connectivity index (χ2v) is 5.32. The van der Waals surface area contributed by atoms with Gasteiger partial charge in [-0.25, -0.2) is 4.98 Å². The van der Waals surface area contributed by atoms with Gasteiger partial charge in [-0.2, -0.15) is 5.26 Å². The predicted octanol–water partition coefficient (Wildman–Crippen LogP) is 4.49. The molecule has 0 aliphatic carbocycles. The maximum absolute atomic E-state index is 9.42. The van der Waals surface area contributed by atoms with Gasteiger partial charge >= 0.3 is 0 Å². The summed E-state index contributed by atoms with van der Waals surface area (Å²) >= 11 is 12.1. The molecule has 2 aromatic heterocycles. The minimum Gasteiger partial charge on any atom is -0.290 e. The average Bonchev–Trinajstić information content (AvgIpc) is 2.76. The van der Waals surface area contributed by atoms with Crippen LogP contribution in [-0.4, -0.2) is 9.38 Å². The highest BCUT2D eigenvalue weighted by Crippen LogP contribution is 2.32. The molecule has 0 saturated heterocycles. The Hall–Kier alpha value is -2.02. The molecule has 5 heteroatoms. The molecule has 20 heavy (non-hydrogen) atoms. The third kappa shape index (κ3) is 2.03. The van der Waals surface area contributed by atoms with Gasteiger partial charge in [-0.05, 0) is 36.8 Å². The molecule has 0 aliphatic rings. The number of pyridine rings is 1. The van der Waals surface area contributed by atoms with E-state index in [0.717, 1.165) is 5.56 Å². The molecule has 98 valence electrons. The second kappa shape index (κ2) is 4.82. The van der Waals surface area contributed by atoms with Crippen LogP contribution >= 0.6 is 23.2 Å². The van der Waals surface area contributed by atoms with Crippen LogP contribution in [0.1, 0.15) is 11.3 Å². The van der Waals surface area contributed by atoms with Crippen LogP contribution in [-0.2, 0) is 0 Å². The maximum atomic E-state index is 9.42. The van der Waals surface area contributed by atoms with Crippen LogP contribution in [0.3, 0.4) is 0 Å². The molecule has 0 amide bonds. The van der Waals surface area contributed by atoms with Crippen LogP contribution in [0.15, 0.2) is 36.5 Å². The molecule has 3 aromatic rings. The number of aryl methyl sites for hydroxylation is 1. The Balaban J connectivity index is 2.34. The number of halogens is 2. The number of hydrogen-bond donors (Lipinski definition) is 0. The normalized spacial score (nSPS) is 10.7. The van der Waals surface area contributed by atoms with Crippen LogP contribution in [0.5, 0.6) is 0 Å². The number of aromatic nitrogens is 2. The zero-order chi connectivity index (χ0) is 14.3. The molecule has 3 rings (SSSR count). The molecule has 0 unspecified atom stereocenters. The van der Waals surface area contributed by atoms with E-state index in [0.29, 0.717) is 32.6 Å². The smallest absolute Gasteiger partial charge is 0.152 e. The number of hydrogen-bond acceptors (Lipinski definition) is 2. The zero-order valence-corrected chi connectivity index (χ0v) is 12.1. The quantitative estimate of drug-likeness (QED) is 0.664. The Morgan fingerprint density at radius 3 is 2.70 bits per heavy atom. The minimum atomic E-state index is 0.466. The molecule has 0 bridgehead atoms. The fourth-order valence-electron chi connectivity index (χ4n) is 2.13. The SMILES string of the molecule is Cc1ccc2nc(-c3ccc(Cl)cc3Cl)c(C#N)n2c1. The van der Waals surface area contributed by atoms with Crippen molar-refractivity contribution in [1.82, 2.24) is 9.38 Å². The molecule has 0 aliphatic heterocycles. The van der Waals surface area contributed by atoms with Crippen LogP contribution < -0.4 is 0 Å². The highest BCUT2D eigenvalue weighted by atomic mass is 35.5. The van der Waals surface area contributed by atoms with Crippen LogP contribution in [0.2, 0.25) is 10.0 Å². The fraction of sp³-hybridized carbons (Fsp3) is 0.0667. The third-order valence-corrected chi connectivity index (χ3v) is 3.61.